The van der Waals surface area contributed by atoms with Gasteiger partial charge in [0.15, 0.2) is 0 Å². The smallest absolute Gasteiger partial charge is 0.232 e. The van der Waals surface area contributed by atoms with Crippen LogP contribution in [0.2, 0.25) is 10.0 Å². The SMILES string of the molecule is O=CN1CCN(C(=O)CSCc2ccc(Cl)c(Cl)c2)CC1. The zero-order valence-corrected chi connectivity index (χ0v) is 13.8. The largest absolute Gasteiger partial charge is 0.342 e. The van der Waals surface area contributed by atoms with Gasteiger partial charge in [0.05, 0.1) is 15.8 Å². The average Bonchev–Trinajstić information content (AvgIpc) is 2.51. The predicted molar refractivity (Wildman–Crippen MR) is 86.8 cm³/mol. The van der Waals surface area contributed by atoms with E-state index in [0.717, 1.165) is 17.7 Å². The molecule has 1 heterocycles. The van der Waals surface area contributed by atoms with Crippen LogP contribution in [0.3, 0.4) is 0 Å². The van der Waals surface area contributed by atoms with E-state index >= 15 is 0 Å². The summed E-state index contributed by atoms with van der Waals surface area (Å²) in [7, 11) is 0. The summed E-state index contributed by atoms with van der Waals surface area (Å²) in [4.78, 5) is 26.2. The van der Waals surface area contributed by atoms with Gasteiger partial charge in [0.25, 0.3) is 0 Å². The second-order valence-corrected chi connectivity index (χ2v) is 6.56. The molecule has 0 N–H and O–H groups in total. The first kappa shape index (κ1) is 16.5. The Kier molecular flexibility index (Phi) is 6.21. The molecule has 1 fully saturated rings. The molecule has 0 aliphatic carbocycles. The minimum atomic E-state index is 0.116. The summed E-state index contributed by atoms with van der Waals surface area (Å²) in [6, 6.07) is 5.50. The van der Waals surface area contributed by atoms with Crippen molar-refractivity contribution in [1.29, 1.82) is 0 Å². The molecular formula is C14H16Cl2N2O2S. The number of hydrogen-bond acceptors (Lipinski definition) is 3. The molecule has 0 atom stereocenters. The van der Waals surface area contributed by atoms with E-state index in [4.69, 9.17) is 23.2 Å². The molecule has 1 aliphatic heterocycles. The van der Waals surface area contributed by atoms with Crippen molar-refractivity contribution < 1.29 is 9.59 Å². The molecule has 1 aromatic carbocycles. The lowest BCUT2D eigenvalue weighted by atomic mass is 10.2. The second-order valence-electron chi connectivity index (χ2n) is 4.76. The minimum absolute atomic E-state index is 0.116. The minimum Gasteiger partial charge on any atom is -0.342 e. The third kappa shape index (κ3) is 4.80. The van der Waals surface area contributed by atoms with Gasteiger partial charge in [-0.1, -0.05) is 29.3 Å². The number of carbonyl (C=O) groups is 2. The van der Waals surface area contributed by atoms with E-state index in [2.05, 4.69) is 0 Å². The van der Waals surface area contributed by atoms with E-state index in [1.54, 1.807) is 22.7 Å². The summed E-state index contributed by atoms with van der Waals surface area (Å²) in [6.07, 6.45) is 0.834. The highest BCUT2D eigenvalue weighted by Crippen LogP contribution is 2.24. The molecule has 0 bridgehead atoms. The van der Waals surface area contributed by atoms with Gasteiger partial charge in [-0.3, -0.25) is 9.59 Å². The van der Waals surface area contributed by atoms with Gasteiger partial charge in [0.2, 0.25) is 12.3 Å². The van der Waals surface area contributed by atoms with Crippen LogP contribution in [-0.4, -0.2) is 54.0 Å². The lowest BCUT2D eigenvalue weighted by molar-refractivity contribution is -0.132. The van der Waals surface area contributed by atoms with Crippen LogP contribution in [0, 0.1) is 0 Å². The summed E-state index contributed by atoms with van der Waals surface area (Å²) in [6.45, 7) is 2.47. The molecule has 4 nitrogen and oxygen atoms in total. The van der Waals surface area contributed by atoms with Crippen LogP contribution in [0.1, 0.15) is 5.56 Å². The number of benzene rings is 1. The number of amides is 2. The maximum atomic E-state index is 12.1. The Morgan fingerprint density at radius 3 is 2.52 bits per heavy atom. The Morgan fingerprint density at radius 1 is 1.19 bits per heavy atom. The quantitative estimate of drug-likeness (QED) is 0.769. The molecule has 1 saturated heterocycles. The Balaban J connectivity index is 1.74. The van der Waals surface area contributed by atoms with Crippen molar-refractivity contribution in [3.05, 3.63) is 33.8 Å². The fourth-order valence-electron chi connectivity index (χ4n) is 2.05. The highest BCUT2D eigenvalue weighted by Gasteiger charge is 2.19. The monoisotopic (exact) mass is 346 g/mol. The summed E-state index contributed by atoms with van der Waals surface area (Å²) in [5, 5.41) is 1.07. The lowest BCUT2D eigenvalue weighted by Gasteiger charge is -2.32. The molecule has 0 spiro atoms. The van der Waals surface area contributed by atoms with Gasteiger partial charge in [0.1, 0.15) is 0 Å². The Bertz CT molecular complexity index is 520. The predicted octanol–water partition coefficient (Wildman–Crippen LogP) is 2.53. The third-order valence-electron chi connectivity index (χ3n) is 3.29. The standard InChI is InChI=1S/C14H16Cl2N2O2S/c15-12-2-1-11(7-13(12)16)8-21-9-14(20)18-5-3-17(10-19)4-6-18/h1-2,7,10H,3-6,8-9H2. The number of piperazine rings is 1. The van der Waals surface area contributed by atoms with Crippen molar-refractivity contribution in [2.75, 3.05) is 31.9 Å². The van der Waals surface area contributed by atoms with Gasteiger partial charge >= 0.3 is 0 Å². The van der Waals surface area contributed by atoms with Crippen LogP contribution in [-0.2, 0) is 15.3 Å². The van der Waals surface area contributed by atoms with E-state index in [9.17, 15) is 9.59 Å². The van der Waals surface area contributed by atoms with Gasteiger partial charge in [-0.2, -0.15) is 0 Å². The first-order valence-electron chi connectivity index (χ1n) is 6.59. The molecule has 7 heteroatoms. The fourth-order valence-corrected chi connectivity index (χ4v) is 3.25. The van der Waals surface area contributed by atoms with Crippen LogP contribution < -0.4 is 0 Å². The summed E-state index contributed by atoms with van der Waals surface area (Å²) < 4.78 is 0. The summed E-state index contributed by atoms with van der Waals surface area (Å²) in [5.41, 5.74) is 1.05. The molecule has 114 valence electrons. The van der Waals surface area contributed by atoms with E-state index in [-0.39, 0.29) is 5.91 Å². The zero-order valence-electron chi connectivity index (χ0n) is 11.4. The first-order valence-corrected chi connectivity index (χ1v) is 8.50. The van der Waals surface area contributed by atoms with Crippen molar-refractivity contribution in [3.63, 3.8) is 0 Å². The highest BCUT2D eigenvalue weighted by molar-refractivity contribution is 7.99. The van der Waals surface area contributed by atoms with Gasteiger partial charge < -0.3 is 9.80 Å². The molecule has 0 aromatic heterocycles. The van der Waals surface area contributed by atoms with Gasteiger partial charge in [0, 0.05) is 31.9 Å². The zero-order chi connectivity index (χ0) is 15.2. The van der Waals surface area contributed by atoms with E-state index in [1.165, 1.54) is 0 Å². The number of halogens is 2. The Morgan fingerprint density at radius 2 is 1.90 bits per heavy atom. The topological polar surface area (TPSA) is 40.6 Å². The normalized spacial score (nSPS) is 15.1. The molecule has 2 rings (SSSR count). The van der Waals surface area contributed by atoms with Crippen LogP contribution in [0.5, 0.6) is 0 Å². The number of thioether (sulfide) groups is 1. The van der Waals surface area contributed by atoms with Crippen molar-refractivity contribution in [3.8, 4) is 0 Å². The molecule has 1 aromatic rings. The third-order valence-corrected chi connectivity index (χ3v) is 5.02. The Labute approximate surface area is 138 Å². The fraction of sp³-hybridized carbons (Fsp3) is 0.429. The van der Waals surface area contributed by atoms with Crippen LogP contribution in [0.25, 0.3) is 0 Å². The molecular weight excluding hydrogens is 331 g/mol. The van der Waals surface area contributed by atoms with E-state index in [1.807, 2.05) is 17.0 Å². The van der Waals surface area contributed by atoms with Crippen LogP contribution >= 0.6 is 35.0 Å². The molecule has 0 radical (unpaired) electrons. The molecule has 0 saturated carbocycles. The average molecular weight is 347 g/mol. The van der Waals surface area contributed by atoms with Crippen LogP contribution in [0.15, 0.2) is 18.2 Å². The van der Waals surface area contributed by atoms with Crippen molar-refractivity contribution in [1.82, 2.24) is 9.80 Å². The highest BCUT2D eigenvalue weighted by atomic mass is 35.5. The van der Waals surface area contributed by atoms with E-state index in [0.29, 0.717) is 42.0 Å². The maximum absolute atomic E-state index is 12.1. The van der Waals surface area contributed by atoms with Gasteiger partial charge in [-0.15, -0.1) is 11.8 Å². The number of carbonyl (C=O) groups excluding carboxylic acids is 2. The molecule has 21 heavy (non-hydrogen) atoms. The van der Waals surface area contributed by atoms with E-state index < -0.39 is 0 Å². The van der Waals surface area contributed by atoms with Crippen LogP contribution in [0.4, 0.5) is 0 Å². The number of nitrogens with zero attached hydrogens (tertiary/aromatic N) is 2. The summed E-state index contributed by atoms with van der Waals surface area (Å²) in [5.74, 6) is 1.27. The van der Waals surface area contributed by atoms with Gasteiger partial charge in [-0.05, 0) is 17.7 Å². The Hall–Kier alpha value is -0.910. The number of hydrogen-bond donors (Lipinski definition) is 0. The van der Waals surface area contributed by atoms with Crippen molar-refractivity contribution >= 4 is 47.3 Å². The molecule has 0 unspecified atom stereocenters. The first-order chi connectivity index (χ1) is 10.1. The maximum Gasteiger partial charge on any atom is 0.232 e. The molecule has 1 aliphatic rings. The molecule has 2 amide bonds. The number of rotatable bonds is 5. The van der Waals surface area contributed by atoms with Crippen molar-refractivity contribution in [2.24, 2.45) is 0 Å². The van der Waals surface area contributed by atoms with Gasteiger partial charge in [-0.25, -0.2) is 0 Å². The lowest BCUT2D eigenvalue weighted by Crippen LogP contribution is -2.48. The summed E-state index contributed by atoms with van der Waals surface area (Å²) >= 11 is 13.4. The van der Waals surface area contributed by atoms with Crippen molar-refractivity contribution in [2.45, 2.75) is 5.75 Å². The second kappa shape index (κ2) is 7.92.